The van der Waals surface area contributed by atoms with E-state index in [-0.39, 0.29) is 17.7 Å². The van der Waals surface area contributed by atoms with Gasteiger partial charge in [0, 0.05) is 34.2 Å². The lowest BCUT2D eigenvalue weighted by Crippen LogP contribution is -2.35. The SMILES string of the molecule is CN1CCCN(c2nc(Cl)nc(N(C)C)n2)CC1=O. The van der Waals surface area contributed by atoms with Crippen LogP contribution in [0.25, 0.3) is 0 Å². The van der Waals surface area contributed by atoms with Crippen molar-refractivity contribution in [2.24, 2.45) is 0 Å². The number of hydrogen-bond acceptors (Lipinski definition) is 6. The van der Waals surface area contributed by atoms with Crippen LogP contribution in [0.1, 0.15) is 6.42 Å². The van der Waals surface area contributed by atoms with Crippen LogP contribution >= 0.6 is 11.6 Å². The maximum Gasteiger partial charge on any atom is 0.241 e. The minimum atomic E-state index is 0.0560. The Morgan fingerprint density at radius 1 is 1.21 bits per heavy atom. The third-order valence-corrected chi connectivity index (χ3v) is 3.11. The Morgan fingerprint density at radius 2 is 1.95 bits per heavy atom. The van der Waals surface area contributed by atoms with Crippen LogP contribution in [0.2, 0.25) is 5.28 Å². The number of anilines is 2. The van der Waals surface area contributed by atoms with E-state index in [0.29, 0.717) is 11.9 Å². The van der Waals surface area contributed by atoms with Gasteiger partial charge in [-0.1, -0.05) is 0 Å². The molecule has 0 radical (unpaired) electrons. The Labute approximate surface area is 117 Å². The molecule has 1 aromatic rings. The lowest BCUT2D eigenvalue weighted by atomic mass is 10.4. The second kappa shape index (κ2) is 5.56. The van der Waals surface area contributed by atoms with Crippen LogP contribution in [-0.4, -0.2) is 66.5 Å². The summed E-state index contributed by atoms with van der Waals surface area (Å²) in [6.07, 6.45) is 0.878. The molecule has 0 unspecified atom stereocenters. The van der Waals surface area contributed by atoms with Gasteiger partial charge in [0.2, 0.25) is 23.1 Å². The molecule has 0 bridgehead atoms. The van der Waals surface area contributed by atoms with Crippen LogP contribution < -0.4 is 9.80 Å². The largest absolute Gasteiger partial charge is 0.347 e. The van der Waals surface area contributed by atoms with Gasteiger partial charge in [-0.3, -0.25) is 4.79 Å². The highest BCUT2D eigenvalue weighted by molar-refractivity contribution is 6.28. The molecular formula is C11H17ClN6O. The van der Waals surface area contributed by atoms with Gasteiger partial charge < -0.3 is 14.7 Å². The number of likely N-dealkylation sites (N-methyl/N-ethyl adjacent to an activating group) is 1. The van der Waals surface area contributed by atoms with Crippen molar-refractivity contribution in [1.29, 1.82) is 0 Å². The summed E-state index contributed by atoms with van der Waals surface area (Å²) < 4.78 is 0. The molecule has 1 saturated heterocycles. The Balaban J connectivity index is 2.27. The van der Waals surface area contributed by atoms with E-state index in [0.717, 1.165) is 19.5 Å². The molecule has 1 fully saturated rings. The quantitative estimate of drug-likeness (QED) is 0.776. The first-order valence-corrected chi connectivity index (χ1v) is 6.43. The predicted molar refractivity (Wildman–Crippen MR) is 73.6 cm³/mol. The Morgan fingerprint density at radius 3 is 2.63 bits per heavy atom. The molecule has 1 aliphatic rings. The molecule has 8 heteroatoms. The summed E-state index contributed by atoms with van der Waals surface area (Å²) in [4.78, 5) is 29.7. The predicted octanol–water partition coefficient (Wildman–Crippen LogP) is 0.259. The fourth-order valence-electron chi connectivity index (χ4n) is 1.83. The molecule has 7 nitrogen and oxygen atoms in total. The van der Waals surface area contributed by atoms with Gasteiger partial charge in [0.05, 0.1) is 6.54 Å². The van der Waals surface area contributed by atoms with Gasteiger partial charge in [-0.05, 0) is 18.0 Å². The van der Waals surface area contributed by atoms with E-state index in [2.05, 4.69) is 15.0 Å². The third-order valence-electron chi connectivity index (χ3n) is 2.94. The first kappa shape index (κ1) is 13.8. The van der Waals surface area contributed by atoms with Crippen molar-refractivity contribution in [2.45, 2.75) is 6.42 Å². The number of carbonyl (C=O) groups excluding carboxylic acids is 1. The minimum absolute atomic E-state index is 0.0560. The van der Waals surface area contributed by atoms with Crippen LogP contribution in [0.4, 0.5) is 11.9 Å². The summed E-state index contributed by atoms with van der Waals surface area (Å²) in [5.41, 5.74) is 0. The molecule has 1 amide bonds. The fourth-order valence-corrected chi connectivity index (χ4v) is 1.98. The van der Waals surface area contributed by atoms with Gasteiger partial charge >= 0.3 is 0 Å². The second-order valence-corrected chi connectivity index (χ2v) is 5.03. The molecular weight excluding hydrogens is 268 g/mol. The average molecular weight is 285 g/mol. The number of rotatable bonds is 2. The monoisotopic (exact) mass is 284 g/mol. The summed E-state index contributed by atoms with van der Waals surface area (Å²) in [7, 11) is 5.46. The molecule has 0 saturated carbocycles. The van der Waals surface area contributed by atoms with Crippen molar-refractivity contribution >= 4 is 29.4 Å². The Kier molecular flexibility index (Phi) is 4.04. The van der Waals surface area contributed by atoms with E-state index < -0.39 is 0 Å². The van der Waals surface area contributed by atoms with Crippen molar-refractivity contribution in [3.8, 4) is 0 Å². The van der Waals surface area contributed by atoms with E-state index in [1.54, 1.807) is 16.8 Å². The topological polar surface area (TPSA) is 65.5 Å². The second-order valence-electron chi connectivity index (χ2n) is 4.69. The summed E-state index contributed by atoms with van der Waals surface area (Å²) in [6, 6.07) is 0. The van der Waals surface area contributed by atoms with Gasteiger partial charge in [-0.15, -0.1) is 0 Å². The highest BCUT2D eigenvalue weighted by atomic mass is 35.5. The lowest BCUT2D eigenvalue weighted by Gasteiger charge is -2.21. The van der Waals surface area contributed by atoms with Crippen LogP contribution in [0, 0.1) is 0 Å². The molecule has 0 atom stereocenters. The van der Waals surface area contributed by atoms with E-state index in [4.69, 9.17) is 11.6 Å². The number of aromatic nitrogens is 3. The number of halogens is 1. The van der Waals surface area contributed by atoms with Crippen molar-refractivity contribution in [3.05, 3.63) is 5.28 Å². The number of hydrogen-bond donors (Lipinski definition) is 0. The lowest BCUT2D eigenvalue weighted by molar-refractivity contribution is -0.127. The molecule has 2 rings (SSSR count). The Bertz CT molecular complexity index is 480. The standard InChI is InChI=1S/C11H17ClN6O/c1-16(2)10-13-9(12)14-11(15-10)18-6-4-5-17(3)8(19)7-18/h4-7H2,1-3H3. The van der Waals surface area contributed by atoms with Gasteiger partial charge in [-0.25, -0.2) is 0 Å². The molecule has 1 aromatic heterocycles. The summed E-state index contributed by atoms with van der Waals surface area (Å²) in [5.74, 6) is 0.993. The van der Waals surface area contributed by atoms with Crippen molar-refractivity contribution in [3.63, 3.8) is 0 Å². The third kappa shape index (κ3) is 3.23. The van der Waals surface area contributed by atoms with E-state index in [9.17, 15) is 4.79 Å². The van der Waals surface area contributed by atoms with Crippen molar-refractivity contribution in [1.82, 2.24) is 19.9 Å². The number of amides is 1. The first-order valence-electron chi connectivity index (χ1n) is 6.05. The highest BCUT2D eigenvalue weighted by Gasteiger charge is 2.22. The van der Waals surface area contributed by atoms with E-state index in [1.165, 1.54) is 0 Å². The van der Waals surface area contributed by atoms with Gasteiger partial charge in [0.15, 0.2) is 0 Å². The van der Waals surface area contributed by atoms with Crippen LogP contribution in [-0.2, 0) is 4.79 Å². The fraction of sp³-hybridized carbons (Fsp3) is 0.636. The molecule has 2 heterocycles. The molecule has 0 aromatic carbocycles. The minimum Gasteiger partial charge on any atom is -0.347 e. The normalized spacial score (nSPS) is 16.5. The van der Waals surface area contributed by atoms with E-state index in [1.807, 2.05) is 19.0 Å². The maximum absolute atomic E-state index is 11.9. The summed E-state index contributed by atoms with van der Waals surface area (Å²) in [5, 5.41) is 0.138. The highest BCUT2D eigenvalue weighted by Crippen LogP contribution is 2.17. The maximum atomic E-state index is 11.9. The molecule has 0 aliphatic carbocycles. The van der Waals surface area contributed by atoms with Gasteiger partial charge in [0.1, 0.15) is 0 Å². The van der Waals surface area contributed by atoms with Crippen LogP contribution in [0.15, 0.2) is 0 Å². The zero-order valence-corrected chi connectivity index (χ0v) is 12.1. The van der Waals surface area contributed by atoms with Crippen LogP contribution in [0.3, 0.4) is 0 Å². The summed E-state index contributed by atoms with van der Waals surface area (Å²) >= 11 is 5.91. The van der Waals surface area contributed by atoms with Gasteiger partial charge in [-0.2, -0.15) is 15.0 Å². The van der Waals surface area contributed by atoms with E-state index >= 15 is 0 Å². The molecule has 19 heavy (non-hydrogen) atoms. The average Bonchev–Trinajstić information content (AvgIpc) is 2.51. The first-order chi connectivity index (χ1) is 8.97. The van der Waals surface area contributed by atoms with Crippen molar-refractivity contribution < 1.29 is 4.79 Å². The molecule has 1 aliphatic heterocycles. The van der Waals surface area contributed by atoms with Crippen molar-refractivity contribution in [2.75, 3.05) is 50.6 Å². The zero-order valence-electron chi connectivity index (χ0n) is 11.3. The smallest absolute Gasteiger partial charge is 0.241 e. The van der Waals surface area contributed by atoms with Crippen LogP contribution in [0.5, 0.6) is 0 Å². The molecule has 104 valence electrons. The number of nitrogens with zero attached hydrogens (tertiary/aromatic N) is 6. The molecule has 0 spiro atoms. The van der Waals surface area contributed by atoms with Gasteiger partial charge in [0.25, 0.3) is 0 Å². The Hall–Kier alpha value is -1.63. The zero-order chi connectivity index (χ0) is 14.0. The molecule has 0 N–H and O–H groups in total. The summed E-state index contributed by atoms with van der Waals surface area (Å²) in [6.45, 7) is 1.74. The number of carbonyl (C=O) groups is 1.